The van der Waals surface area contributed by atoms with Crippen molar-refractivity contribution in [2.75, 3.05) is 5.75 Å². The molecule has 0 aliphatic rings. The number of carbonyl (C=O) groups is 1. The van der Waals surface area contributed by atoms with Gasteiger partial charge in [-0.25, -0.2) is 0 Å². The first kappa shape index (κ1) is 14.9. The van der Waals surface area contributed by atoms with Gasteiger partial charge in [0, 0.05) is 16.6 Å². The van der Waals surface area contributed by atoms with Crippen LogP contribution in [0.3, 0.4) is 0 Å². The highest BCUT2D eigenvalue weighted by Crippen LogP contribution is 2.22. The maximum atomic E-state index is 11.7. The van der Waals surface area contributed by atoms with Gasteiger partial charge in [0.1, 0.15) is 5.75 Å². The van der Waals surface area contributed by atoms with Gasteiger partial charge < -0.3 is 5.73 Å². The first-order chi connectivity index (χ1) is 10.1. The van der Waals surface area contributed by atoms with Crippen molar-refractivity contribution in [3.8, 4) is 17.2 Å². The van der Waals surface area contributed by atoms with Crippen LogP contribution in [0.4, 0.5) is 0 Å². The van der Waals surface area contributed by atoms with Crippen molar-refractivity contribution in [3.63, 3.8) is 0 Å². The first-order valence-electron chi connectivity index (χ1n) is 6.31. The number of hydrogen-bond acceptors (Lipinski definition) is 3. The zero-order chi connectivity index (χ0) is 15.2. The highest BCUT2D eigenvalue weighted by molar-refractivity contribution is 7.84. The highest BCUT2D eigenvalue weighted by Gasteiger charge is 2.07. The maximum absolute atomic E-state index is 11.7. The van der Waals surface area contributed by atoms with Gasteiger partial charge >= 0.3 is 0 Å². The first-order valence-corrected chi connectivity index (χ1v) is 7.80. The second-order valence-electron chi connectivity index (χ2n) is 4.59. The number of primary amides is 1. The molecule has 106 valence electrons. The van der Waals surface area contributed by atoms with Crippen molar-refractivity contribution < 1.29 is 9.00 Å². The summed E-state index contributed by atoms with van der Waals surface area (Å²) in [7, 11) is -1.30. The van der Waals surface area contributed by atoms with E-state index in [2.05, 4.69) is 6.07 Å². The average Bonchev–Trinajstić information content (AvgIpc) is 2.46. The van der Waals surface area contributed by atoms with Crippen molar-refractivity contribution in [1.82, 2.24) is 0 Å². The molecule has 2 N–H and O–H groups in total. The van der Waals surface area contributed by atoms with E-state index in [4.69, 9.17) is 11.0 Å². The Morgan fingerprint density at radius 1 is 1.14 bits per heavy atom. The van der Waals surface area contributed by atoms with Crippen LogP contribution >= 0.6 is 0 Å². The van der Waals surface area contributed by atoms with Crippen LogP contribution in [0.5, 0.6) is 0 Å². The van der Waals surface area contributed by atoms with E-state index in [9.17, 15) is 9.00 Å². The van der Waals surface area contributed by atoms with Gasteiger partial charge in [-0.2, -0.15) is 5.26 Å². The molecule has 0 saturated heterocycles. The minimum Gasteiger partial charge on any atom is -0.369 e. The summed E-state index contributed by atoms with van der Waals surface area (Å²) < 4.78 is 11.7. The Kier molecular flexibility index (Phi) is 4.85. The fourth-order valence-electron chi connectivity index (χ4n) is 2.00. The van der Waals surface area contributed by atoms with E-state index in [1.165, 1.54) is 0 Å². The quantitative estimate of drug-likeness (QED) is 0.915. The summed E-state index contributed by atoms with van der Waals surface area (Å²) in [6.07, 6.45) is 0. The number of carbonyl (C=O) groups excluding carboxylic acids is 1. The van der Waals surface area contributed by atoms with Crippen LogP contribution < -0.4 is 5.73 Å². The molecule has 0 unspecified atom stereocenters. The second kappa shape index (κ2) is 6.82. The predicted octanol–water partition coefficient (Wildman–Crippen LogP) is 1.96. The van der Waals surface area contributed by atoms with E-state index >= 15 is 0 Å². The van der Waals surface area contributed by atoms with Crippen molar-refractivity contribution in [3.05, 3.63) is 59.7 Å². The summed E-state index contributed by atoms with van der Waals surface area (Å²) in [5.41, 5.74) is 8.37. The number of nitriles is 1. The Labute approximate surface area is 125 Å². The van der Waals surface area contributed by atoms with Crippen LogP contribution in [0, 0.1) is 11.3 Å². The Morgan fingerprint density at radius 3 is 2.48 bits per heavy atom. The van der Waals surface area contributed by atoms with Gasteiger partial charge in [0.15, 0.2) is 0 Å². The molecular formula is C16H14N2O2S. The summed E-state index contributed by atoms with van der Waals surface area (Å²) in [6.45, 7) is 0. The zero-order valence-electron chi connectivity index (χ0n) is 11.3. The molecule has 1 amide bonds. The van der Waals surface area contributed by atoms with Gasteiger partial charge in [0.05, 0.1) is 11.6 Å². The van der Waals surface area contributed by atoms with Crippen LogP contribution in [0.2, 0.25) is 0 Å². The third-order valence-corrected chi connectivity index (χ3v) is 4.14. The number of amides is 1. The molecule has 1 atom stereocenters. The molecule has 0 aromatic heterocycles. The molecule has 0 aliphatic heterocycles. The lowest BCUT2D eigenvalue weighted by molar-refractivity contribution is -0.115. The molecule has 2 aromatic rings. The summed E-state index contributed by atoms with van der Waals surface area (Å²) in [4.78, 5) is 10.8. The molecule has 2 rings (SSSR count). The second-order valence-corrected chi connectivity index (χ2v) is 6.04. The SMILES string of the molecule is N#Cc1cccc(-c2cccc(C[S@@](=O)CC(N)=O)c2)c1. The minimum absolute atomic E-state index is 0.131. The van der Waals surface area contributed by atoms with Gasteiger partial charge in [0.25, 0.3) is 0 Å². The molecular weight excluding hydrogens is 284 g/mol. The maximum Gasteiger partial charge on any atom is 0.230 e. The van der Waals surface area contributed by atoms with E-state index in [0.717, 1.165) is 16.7 Å². The zero-order valence-corrected chi connectivity index (χ0v) is 12.1. The lowest BCUT2D eigenvalue weighted by Crippen LogP contribution is -2.20. The molecule has 0 radical (unpaired) electrons. The molecule has 5 heteroatoms. The van der Waals surface area contributed by atoms with Gasteiger partial charge in [-0.15, -0.1) is 0 Å². The molecule has 0 aliphatic carbocycles. The molecule has 0 fully saturated rings. The molecule has 0 heterocycles. The monoisotopic (exact) mass is 298 g/mol. The number of nitrogens with zero attached hydrogens (tertiary/aromatic N) is 1. The Balaban J connectivity index is 2.23. The van der Waals surface area contributed by atoms with Crippen LogP contribution in [0.25, 0.3) is 11.1 Å². The van der Waals surface area contributed by atoms with Crippen molar-refractivity contribution in [2.24, 2.45) is 5.73 Å². The van der Waals surface area contributed by atoms with Crippen molar-refractivity contribution in [2.45, 2.75) is 5.75 Å². The largest absolute Gasteiger partial charge is 0.369 e. The van der Waals surface area contributed by atoms with Crippen LogP contribution in [0.15, 0.2) is 48.5 Å². The van der Waals surface area contributed by atoms with Crippen LogP contribution in [-0.2, 0) is 21.3 Å². The molecule has 0 bridgehead atoms. The average molecular weight is 298 g/mol. The Morgan fingerprint density at radius 2 is 1.81 bits per heavy atom. The summed E-state index contributed by atoms with van der Waals surface area (Å²) in [5.74, 6) is -0.408. The van der Waals surface area contributed by atoms with Crippen LogP contribution in [0.1, 0.15) is 11.1 Å². The molecule has 4 nitrogen and oxygen atoms in total. The smallest absolute Gasteiger partial charge is 0.230 e. The van der Waals surface area contributed by atoms with Gasteiger partial charge in [0.2, 0.25) is 5.91 Å². The van der Waals surface area contributed by atoms with E-state index < -0.39 is 16.7 Å². The predicted molar refractivity (Wildman–Crippen MR) is 82.5 cm³/mol. The standard InChI is InChI=1S/C16H14N2O2S/c17-9-12-3-1-5-14(7-12)15-6-2-4-13(8-15)10-21(20)11-16(18)19/h1-8H,10-11H2,(H2,18,19)/t21-/m1/s1. The van der Waals surface area contributed by atoms with Crippen LogP contribution in [-0.4, -0.2) is 15.9 Å². The molecule has 2 aromatic carbocycles. The fraction of sp³-hybridized carbons (Fsp3) is 0.125. The molecule has 0 spiro atoms. The fourth-order valence-corrected chi connectivity index (χ4v) is 2.98. The highest BCUT2D eigenvalue weighted by atomic mass is 32.2. The van der Waals surface area contributed by atoms with Crippen molar-refractivity contribution in [1.29, 1.82) is 5.26 Å². The third-order valence-electron chi connectivity index (χ3n) is 2.88. The minimum atomic E-state index is -1.30. The summed E-state index contributed by atoms with van der Waals surface area (Å²) >= 11 is 0. The number of rotatable bonds is 5. The van der Waals surface area contributed by atoms with Gasteiger partial charge in [-0.3, -0.25) is 9.00 Å². The lowest BCUT2D eigenvalue weighted by Gasteiger charge is -2.06. The Hall–Kier alpha value is -2.45. The molecule has 21 heavy (non-hydrogen) atoms. The number of hydrogen-bond donors (Lipinski definition) is 1. The Bertz CT molecular complexity index is 735. The van der Waals surface area contributed by atoms with Gasteiger partial charge in [-0.1, -0.05) is 36.4 Å². The third kappa shape index (κ3) is 4.26. The van der Waals surface area contributed by atoms with Crippen molar-refractivity contribution >= 4 is 16.7 Å². The molecule has 0 saturated carbocycles. The number of nitrogens with two attached hydrogens (primary N) is 1. The van der Waals surface area contributed by atoms with E-state index in [0.29, 0.717) is 5.56 Å². The van der Waals surface area contributed by atoms with E-state index in [1.54, 1.807) is 12.1 Å². The van der Waals surface area contributed by atoms with E-state index in [-0.39, 0.29) is 11.5 Å². The lowest BCUT2D eigenvalue weighted by atomic mass is 10.0. The van der Waals surface area contributed by atoms with Gasteiger partial charge in [-0.05, 0) is 28.8 Å². The topological polar surface area (TPSA) is 83.9 Å². The van der Waals surface area contributed by atoms with E-state index in [1.807, 2.05) is 36.4 Å². The summed E-state index contributed by atoms with van der Waals surface area (Å²) in [6, 6.07) is 17.0. The summed E-state index contributed by atoms with van der Waals surface area (Å²) in [5, 5.41) is 8.93. The normalized spacial score (nSPS) is 11.6. The number of benzene rings is 2.